The molecule has 0 saturated carbocycles. The summed E-state index contributed by atoms with van der Waals surface area (Å²) in [6.07, 6.45) is 6.93. The van der Waals surface area contributed by atoms with Crippen molar-refractivity contribution in [3.05, 3.63) is 82.1 Å². The Hall–Kier alpha value is -2.83. The van der Waals surface area contributed by atoms with Crippen LogP contribution in [0, 0.1) is 19.3 Å². The summed E-state index contributed by atoms with van der Waals surface area (Å²) in [6, 6.07) is 15.9. The molecule has 1 saturated heterocycles. The zero-order valence-corrected chi connectivity index (χ0v) is 24.7. The second-order valence-electron chi connectivity index (χ2n) is 11.3. The summed E-state index contributed by atoms with van der Waals surface area (Å²) in [7, 11) is 1.90. The normalized spacial score (nSPS) is 17.8. The SMILES string of the molecule is CCCCn1cc(CN2CCC[C@](COc3ccc(Cl)c(C)c3)(CC(=O)N(C)Cc3ccccc3)C2)c(C)n1. The van der Waals surface area contributed by atoms with E-state index in [1.54, 1.807) is 0 Å². The lowest BCUT2D eigenvalue weighted by Crippen LogP contribution is -2.48. The van der Waals surface area contributed by atoms with Crippen LogP contribution in [0.1, 0.15) is 61.4 Å². The van der Waals surface area contributed by atoms with Gasteiger partial charge in [0.25, 0.3) is 0 Å². The van der Waals surface area contributed by atoms with Gasteiger partial charge in [0.1, 0.15) is 5.75 Å². The Morgan fingerprint density at radius 1 is 1.18 bits per heavy atom. The van der Waals surface area contributed by atoms with E-state index in [4.69, 9.17) is 21.4 Å². The smallest absolute Gasteiger partial charge is 0.223 e. The molecular weight excluding hydrogens is 508 g/mol. The number of hydrogen-bond donors (Lipinski definition) is 0. The standard InChI is InChI=1S/C32H43ClN4O2/c1-5-6-17-37-22-28(26(3)34-37)21-36-16-10-15-32(23-36,24-39-29-13-14-30(33)25(2)18-29)19-31(38)35(4)20-27-11-8-7-9-12-27/h7-9,11-14,18,22H,5-6,10,15-17,19-21,23-24H2,1-4H3/t32-/m0/s1. The van der Waals surface area contributed by atoms with Crippen molar-refractivity contribution in [2.75, 3.05) is 26.7 Å². The minimum Gasteiger partial charge on any atom is -0.493 e. The van der Waals surface area contributed by atoms with Crippen molar-refractivity contribution in [1.82, 2.24) is 19.6 Å². The molecule has 1 fully saturated rings. The number of carbonyl (C=O) groups is 1. The monoisotopic (exact) mass is 550 g/mol. The van der Waals surface area contributed by atoms with Gasteiger partial charge in [-0.3, -0.25) is 14.4 Å². The molecule has 39 heavy (non-hydrogen) atoms. The summed E-state index contributed by atoms with van der Waals surface area (Å²) in [5.74, 6) is 0.951. The summed E-state index contributed by atoms with van der Waals surface area (Å²) in [5, 5.41) is 5.48. The number of carbonyl (C=O) groups excluding carboxylic acids is 1. The highest BCUT2D eigenvalue weighted by molar-refractivity contribution is 6.31. The molecule has 0 N–H and O–H groups in total. The predicted molar refractivity (Wildman–Crippen MR) is 158 cm³/mol. The van der Waals surface area contributed by atoms with Crippen molar-refractivity contribution in [3.8, 4) is 5.75 Å². The van der Waals surface area contributed by atoms with Crippen LogP contribution in [0.25, 0.3) is 0 Å². The molecule has 3 aromatic rings. The first-order chi connectivity index (χ1) is 18.8. The number of ether oxygens (including phenoxy) is 1. The van der Waals surface area contributed by atoms with Crippen molar-refractivity contribution >= 4 is 17.5 Å². The number of aryl methyl sites for hydroxylation is 3. The third-order valence-corrected chi connectivity index (χ3v) is 8.24. The Labute approximate surface area is 238 Å². The first-order valence-corrected chi connectivity index (χ1v) is 14.6. The zero-order chi connectivity index (χ0) is 27.8. The fourth-order valence-electron chi connectivity index (χ4n) is 5.49. The van der Waals surface area contributed by atoms with Gasteiger partial charge in [0.15, 0.2) is 0 Å². The predicted octanol–water partition coefficient (Wildman–Crippen LogP) is 6.66. The van der Waals surface area contributed by atoms with E-state index in [1.807, 2.05) is 55.3 Å². The van der Waals surface area contributed by atoms with Gasteiger partial charge in [0.2, 0.25) is 5.91 Å². The van der Waals surface area contributed by atoms with Crippen LogP contribution in [0.15, 0.2) is 54.7 Å². The molecule has 1 amide bonds. The van der Waals surface area contributed by atoms with Crippen molar-refractivity contribution < 1.29 is 9.53 Å². The highest BCUT2D eigenvalue weighted by Crippen LogP contribution is 2.36. The Morgan fingerprint density at radius 3 is 2.72 bits per heavy atom. The Morgan fingerprint density at radius 2 is 1.97 bits per heavy atom. The quantitative estimate of drug-likeness (QED) is 0.253. The highest BCUT2D eigenvalue weighted by Gasteiger charge is 2.39. The summed E-state index contributed by atoms with van der Waals surface area (Å²) in [4.78, 5) is 17.9. The van der Waals surface area contributed by atoms with Crippen LogP contribution in [0.2, 0.25) is 5.02 Å². The average Bonchev–Trinajstić information content (AvgIpc) is 3.27. The molecule has 6 nitrogen and oxygen atoms in total. The molecule has 210 valence electrons. The highest BCUT2D eigenvalue weighted by atomic mass is 35.5. The molecule has 0 radical (unpaired) electrons. The lowest BCUT2D eigenvalue weighted by atomic mass is 9.77. The minimum absolute atomic E-state index is 0.153. The average molecular weight is 551 g/mol. The number of piperidine rings is 1. The second-order valence-corrected chi connectivity index (χ2v) is 11.7. The molecule has 2 heterocycles. The summed E-state index contributed by atoms with van der Waals surface area (Å²) in [6.45, 7) is 11.0. The van der Waals surface area contributed by atoms with E-state index in [0.717, 1.165) is 79.5 Å². The fraction of sp³-hybridized carbons (Fsp3) is 0.500. The Bertz CT molecular complexity index is 1230. The van der Waals surface area contributed by atoms with Crippen LogP contribution >= 0.6 is 11.6 Å². The van der Waals surface area contributed by atoms with Gasteiger partial charge < -0.3 is 9.64 Å². The van der Waals surface area contributed by atoms with Gasteiger partial charge in [-0.25, -0.2) is 0 Å². The number of hydrogen-bond acceptors (Lipinski definition) is 4. The fourth-order valence-corrected chi connectivity index (χ4v) is 5.61. The van der Waals surface area contributed by atoms with Crippen molar-refractivity contribution in [2.24, 2.45) is 5.41 Å². The number of halogens is 1. The topological polar surface area (TPSA) is 50.6 Å². The summed E-state index contributed by atoms with van der Waals surface area (Å²) >= 11 is 6.25. The lowest BCUT2D eigenvalue weighted by Gasteiger charge is -2.43. The molecule has 0 unspecified atom stereocenters. The molecule has 1 atom stereocenters. The third-order valence-electron chi connectivity index (χ3n) is 7.81. The van der Waals surface area contributed by atoms with E-state index in [-0.39, 0.29) is 11.3 Å². The van der Waals surface area contributed by atoms with Crippen LogP contribution in [-0.2, 0) is 24.4 Å². The van der Waals surface area contributed by atoms with Gasteiger partial charge in [-0.2, -0.15) is 5.10 Å². The van der Waals surface area contributed by atoms with Crippen molar-refractivity contribution in [3.63, 3.8) is 0 Å². The van der Waals surface area contributed by atoms with Crippen molar-refractivity contribution in [2.45, 2.75) is 72.5 Å². The number of nitrogens with zero attached hydrogens (tertiary/aromatic N) is 4. The maximum atomic E-state index is 13.6. The number of likely N-dealkylation sites (tertiary alicyclic amines) is 1. The van der Waals surface area contributed by atoms with E-state index >= 15 is 0 Å². The molecule has 2 aromatic carbocycles. The molecule has 1 aromatic heterocycles. The van der Waals surface area contributed by atoms with E-state index in [1.165, 1.54) is 5.56 Å². The van der Waals surface area contributed by atoms with Gasteiger partial charge in [0.05, 0.1) is 12.3 Å². The molecule has 4 rings (SSSR count). The van der Waals surface area contributed by atoms with Crippen LogP contribution in [-0.4, -0.2) is 52.2 Å². The Balaban J connectivity index is 1.50. The molecule has 7 heteroatoms. The number of amides is 1. The molecule has 0 aliphatic carbocycles. The summed E-state index contributed by atoms with van der Waals surface area (Å²) in [5.41, 5.74) is 4.20. The van der Waals surface area contributed by atoms with Crippen LogP contribution in [0.4, 0.5) is 0 Å². The minimum atomic E-state index is -0.278. The van der Waals surface area contributed by atoms with Crippen LogP contribution in [0.5, 0.6) is 5.75 Å². The Kier molecular flexibility index (Phi) is 10.1. The molecule has 1 aliphatic rings. The van der Waals surface area contributed by atoms with Gasteiger partial charge >= 0.3 is 0 Å². The molecule has 0 bridgehead atoms. The number of unbranched alkanes of at least 4 members (excludes halogenated alkanes) is 1. The third kappa shape index (κ3) is 8.09. The van der Waals surface area contributed by atoms with Gasteiger partial charge in [-0.15, -0.1) is 0 Å². The van der Waals surface area contributed by atoms with E-state index in [2.05, 4.69) is 41.8 Å². The first-order valence-electron chi connectivity index (χ1n) is 14.2. The van der Waals surface area contributed by atoms with E-state index < -0.39 is 0 Å². The number of benzene rings is 2. The largest absolute Gasteiger partial charge is 0.493 e. The lowest BCUT2D eigenvalue weighted by molar-refractivity contribution is -0.135. The van der Waals surface area contributed by atoms with E-state index in [9.17, 15) is 4.79 Å². The molecular formula is C32H43ClN4O2. The molecule has 1 aliphatic heterocycles. The number of aromatic nitrogens is 2. The summed E-state index contributed by atoms with van der Waals surface area (Å²) < 4.78 is 8.46. The van der Waals surface area contributed by atoms with Crippen LogP contribution < -0.4 is 4.74 Å². The van der Waals surface area contributed by atoms with Gasteiger partial charge in [-0.1, -0.05) is 55.3 Å². The zero-order valence-electron chi connectivity index (χ0n) is 24.0. The van der Waals surface area contributed by atoms with Crippen LogP contribution in [0.3, 0.4) is 0 Å². The second kappa shape index (κ2) is 13.5. The van der Waals surface area contributed by atoms with Gasteiger partial charge in [0, 0.05) is 61.8 Å². The van der Waals surface area contributed by atoms with Crippen molar-refractivity contribution in [1.29, 1.82) is 0 Å². The van der Waals surface area contributed by atoms with Gasteiger partial charge in [-0.05, 0) is 69.0 Å². The maximum Gasteiger partial charge on any atom is 0.223 e. The first kappa shape index (κ1) is 29.2. The maximum absolute atomic E-state index is 13.6. The molecule has 0 spiro atoms. The van der Waals surface area contributed by atoms with E-state index in [0.29, 0.717) is 19.6 Å². The number of rotatable bonds is 12.